The number of hydrogen-bond donors (Lipinski definition) is 2. The lowest BCUT2D eigenvalue weighted by Gasteiger charge is -2.06. The quantitative estimate of drug-likeness (QED) is 0.756. The molecule has 0 spiro atoms. The standard InChI is InChI=1S/C15H12F3N3/c16-15(17,18)11-2-1-3-12-10(11)6-14(21-12)13-5-4-9(7-19)8-20-13/h1-6,8,21H,7,19H2. The van der Waals surface area contributed by atoms with Gasteiger partial charge in [-0.25, -0.2) is 0 Å². The van der Waals surface area contributed by atoms with E-state index >= 15 is 0 Å². The van der Waals surface area contributed by atoms with Crippen LogP contribution in [0, 0.1) is 0 Å². The van der Waals surface area contributed by atoms with E-state index in [4.69, 9.17) is 5.73 Å². The van der Waals surface area contributed by atoms with E-state index in [0.717, 1.165) is 11.6 Å². The molecule has 3 nitrogen and oxygen atoms in total. The predicted molar refractivity (Wildman–Crippen MR) is 74.4 cm³/mol. The Labute approximate surface area is 118 Å². The maximum absolute atomic E-state index is 13.0. The molecule has 6 heteroatoms. The molecule has 0 atom stereocenters. The Morgan fingerprint density at radius 3 is 2.57 bits per heavy atom. The van der Waals surface area contributed by atoms with Gasteiger partial charge in [-0.1, -0.05) is 12.1 Å². The number of nitrogens with zero attached hydrogens (tertiary/aromatic N) is 1. The molecular weight excluding hydrogens is 279 g/mol. The zero-order valence-electron chi connectivity index (χ0n) is 10.9. The molecule has 3 aromatic rings. The molecule has 3 N–H and O–H groups in total. The van der Waals surface area contributed by atoms with Crippen molar-refractivity contribution in [1.82, 2.24) is 9.97 Å². The molecule has 0 saturated heterocycles. The van der Waals surface area contributed by atoms with Crippen LogP contribution < -0.4 is 5.73 Å². The van der Waals surface area contributed by atoms with Gasteiger partial charge in [0, 0.05) is 23.6 Å². The largest absolute Gasteiger partial charge is 0.417 e. The minimum atomic E-state index is -4.38. The molecule has 0 aliphatic heterocycles. The number of aromatic amines is 1. The first-order valence-electron chi connectivity index (χ1n) is 6.33. The van der Waals surface area contributed by atoms with Crippen molar-refractivity contribution in [3.05, 3.63) is 53.7 Å². The first kappa shape index (κ1) is 13.6. The highest BCUT2D eigenvalue weighted by atomic mass is 19.4. The van der Waals surface area contributed by atoms with Crippen molar-refractivity contribution in [3.63, 3.8) is 0 Å². The summed E-state index contributed by atoms with van der Waals surface area (Å²) >= 11 is 0. The van der Waals surface area contributed by atoms with E-state index in [2.05, 4.69) is 9.97 Å². The lowest BCUT2D eigenvalue weighted by Crippen LogP contribution is -2.04. The van der Waals surface area contributed by atoms with Crippen molar-refractivity contribution in [2.75, 3.05) is 0 Å². The van der Waals surface area contributed by atoms with Crippen LogP contribution in [0.15, 0.2) is 42.6 Å². The van der Waals surface area contributed by atoms with E-state index in [1.54, 1.807) is 24.4 Å². The lowest BCUT2D eigenvalue weighted by molar-refractivity contribution is -0.136. The van der Waals surface area contributed by atoms with Crippen LogP contribution in [0.1, 0.15) is 11.1 Å². The molecule has 0 aliphatic carbocycles. The Morgan fingerprint density at radius 2 is 1.95 bits per heavy atom. The second-order valence-electron chi connectivity index (χ2n) is 4.70. The number of pyridine rings is 1. The molecule has 2 heterocycles. The number of hydrogen-bond acceptors (Lipinski definition) is 2. The first-order valence-corrected chi connectivity index (χ1v) is 6.33. The van der Waals surface area contributed by atoms with E-state index < -0.39 is 11.7 Å². The zero-order chi connectivity index (χ0) is 15.0. The normalized spacial score (nSPS) is 12.0. The molecule has 0 amide bonds. The summed E-state index contributed by atoms with van der Waals surface area (Å²) in [4.78, 5) is 7.18. The van der Waals surface area contributed by atoms with Crippen LogP contribution in [-0.4, -0.2) is 9.97 Å². The van der Waals surface area contributed by atoms with Gasteiger partial charge in [-0.3, -0.25) is 4.98 Å². The van der Waals surface area contributed by atoms with Crippen LogP contribution in [0.5, 0.6) is 0 Å². The fourth-order valence-corrected chi connectivity index (χ4v) is 2.24. The Hall–Kier alpha value is -2.34. The molecule has 0 radical (unpaired) electrons. The van der Waals surface area contributed by atoms with E-state index in [-0.39, 0.29) is 5.39 Å². The van der Waals surface area contributed by atoms with Gasteiger partial charge in [0.1, 0.15) is 0 Å². The highest BCUT2D eigenvalue weighted by molar-refractivity contribution is 5.88. The van der Waals surface area contributed by atoms with Crippen LogP contribution in [0.4, 0.5) is 13.2 Å². The minimum Gasteiger partial charge on any atom is -0.353 e. The Kier molecular flexibility index (Phi) is 3.17. The second-order valence-corrected chi connectivity index (χ2v) is 4.70. The number of rotatable bonds is 2. The van der Waals surface area contributed by atoms with Crippen LogP contribution >= 0.6 is 0 Å². The molecule has 21 heavy (non-hydrogen) atoms. The van der Waals surface area contributed by atoms with Gasteiger partial charge in [0.25, 0.3) is 0 Å². The summed E-state index contributed by atoms with van der Waals surface area (Å²) in [6.45, 7) is 0.373. The van der Waals surface area contributed by atoms with Crippen molar-refractivity contribution in [3.8, 4) is 11.4 Å². The minimum absolute atomic E-state index is 0.143. The molecule has 1 aromatic carbocycles. The summed E-state index contributed by atoms with van der Waals surface area (Å²) in [5, 5.41) is 0.143. The molecule has 0 aliphatic rings. The third-order valence-corrected chi connectivity index (χ3v) is 3.31. The highest BCUT2D eigenvalue weighted by Gasteiger charge is 2.32. The number of benzene rings is 1. The lowest BCUT2D eigenvalue weighted by atomic mass is 10.1. The third kappa shape index (κ3) is 2.50. The first-order chi connectivity index (χ1) is 9.99. The van der Waals surface area contributed by atoms with Gasteiger partial charge in [0.15, 0.2) is 0 Å². The van der Waals surface area contributed by atoms with E-state index in [0.29, 0.717) is 23.4 Å². The van der Waals surface area contributed by atoms with Gasteiger partial charge in [-0.05, 0) is 29.8 Å². The molecular formula is C15H12F3N3. The van der Waals surface area contributed by atoms with Crippen molar-refractivity contribution < 1.29 is 13.2 Å². The maximum atomic E-state index is 13.0. The predicted octanol–water partition coefficient (Wildman–Crippen LogP) is 3.71. The number of alkyl halides is 3. The SMILES string of the molecule is NCc1ccc(-c2cc3c(C(F)(F)F)cccc3[nH]2)nc1. The number of aromatic nitrogens is 2. The zero-order valence-corrected chi connectivity index (χ0v) is 10.9. The van der Waals surface area contributed by atoms with Gasteiger partial charge in [-0.2, -0.15) is 13.2 Å². The smallest absolute Gasteiger partial charge is 0.353 e. The van der Waals surface area contributed by atoms with Gasteiger partial charge < -0.3 is 10.7 Å². The van der Waals surface area contributed by atoms with Crippen molar-refractivity contribution >= 4 is 10.9 Å². The number of fused-ring (bicyclic) bond motifs is 1. The van der Waals surface area contributed by atoms with E-state index in [1.165, 1.54) is 12.1 Å². The van der Waals surface area contributed by atoms with Crippen molar-refractivity contribution in [1.29, 1.82) is 0 Å². The molecule has 3 rings (SSSR count). The number of halogens is 3. The summed E-state index contributed by atoms with van der Waals surface area (Å²) < 4.78 is 39.0. The Morgan fingerprint density at radius 1 is 1.14 bits per heavy atom. The van der Waals surface area contributed by atoms with E-state index in [1.807, 2.05) is 0 Å². The van der Waals surface area contributed by atoms with Gasteiger partial charge >= 0.3 is 6.18 Å². The van der Waals surface area contributed by atoms with Crippen LogP contribution in [0.25, 0.3) is 22.3 Å². The van der Waals surface area contributed by atoms with Crippen LogP contribution in [0.2, 0.25) is 0 Å². The topological polar surface area (TPSA) is 54.7 Å². The molecule has 0 saturated carbocycles. The molecule has 0 fully saturated rings. The van der Waals surface area contributed by atoms with Gasteiger partial charge in [0.2, 0.25) is 0 Å². The van der Waals surface area contributed by atoms with Gasteiger partial charge in [-0.15, -0.1) is 0 Å². The van der Waals surface area contributed by atoms with Crippen molar-refractivity contribution in [2.24, 2.45) is 5.73 Å². The summed E-state index contributed by atoms with van der Waals surface area (Å²) in [5.41, 5.74) is 7.27. The molecule has 2 aromatic heterocycles. The average molecular weight is 291 g/mol. The van der Waals surface area contributed by atoms with E-state index in [9.17, 15) is 13.2 Å². The van der Waals surface area contributed by atoms with Crippen LogP contribution in [-0.2, 0) is 12.7 Å². The number of H-pyrrole nitrogens is 1. The summed E-state index contributed by atoms with van der Waals surface area (Å²) in [6, 6.07) is 9.09. The molecule has 108 valence electrons. The van der Waals surface area contributed by atoms with Crippen molar-refractivity contribution in [2.45, 2.75) is 12.7 Å². The molecule has 0 unspecified atom stereocenters. The Balaban J connectivity index is 2.12. The summed E-state index contributed by atoms with van der Waals surface area (Å²) in [5.74, 6) is 0. The summed E-state index contributed by atoms with van der Waals surface area (Å²) in [6.07, 6.45) is -2.76. The number of nitrogens with one attached hydrogen (secondary N) is 1. The highest BCUT2D eigenvalue weighted by Crippen LogP contribution is 2.36. The fourth-order valence-electron chi connectivity index (χ4n) is 2.24. The number of nitrogens with two attached hydrogens (primary N) is 1. The average Bonchev–Trinajstić information content (AvgIpc) is 2.90. The fraction of sp³-hybridized carbons (Fsp3) is 0.133. The second kappa shape index (κ2) is 4.89. The third-order valence-electron chi connectivity index (χ3n) is 3.31. The monoisotopic (exact) mass is 291 g/mol. The van der Waals surface area contributed by atoms with Gasteiger partial charge in [0.05, 0.1) is 17.0 Å². The summed E-state index contributed by atoms with van der Waals surface area (Å²) in [7, 11) is 0. The maximum Gasteiger partial charge on any atom is 0.417 e. The Bertz CT molecular complexity index is 773. The van der Waals surface area contributed by atoms with Crippen LogP contribution in [0.3, 0.4) is 0 Å². The molecule has 0 bridgehead atoms.